The molecule has 2 N–H and O–H groups in total. The molecule has 23 heavy (non-hydrogen) atoms. The van der Waals surface area contributed by atoms with E-state index in [0.29, 0.717) is 18.4 Å². The highest BCUT2D eigenvalue weighted by Crippen LogP contribution is 2.24. The van der Waals surface area contributed by atoms with Crippen LogP contribution in [0.15, 0.2) is 34.9 Å². The summed E-state index contributed by atoms with van der Waals surface area (Å²) in [7, 11) is 0. The molecule has 3 rings (SSSR count). The third-order valence-electron chi connectivity index (χ3n) is 3.82. The summed E-state index contributed by atoms with van der Waals surface area (Å²) in [4.78, 5) is 11.8. The van der Waals surface area contributed by atoms with E-state index in [-0.39, 0.29) is 6.03 Å². The number of anilines is 1. The van der Waals surface area contributed by atoms with Gasteiger partial charge in [-0.1, -0.05) is 5.16 Å². The highest BCUT2D eigenvalue weighted by atomic mass is 16.5. The van der Waals surface area contributed by atoms with Crippen molar-refractivity contribution in [3.05, 3.63) is 41.8 Å². The number of amides is 2. The zero-order valence-corrected chi connectivity index (χ0v) is 13.2. The van der Waals surface area contributed by atoms with Gasteiger partial charge in [0, 0.05) is 11.8 Å². The molecule has 0 bridgehead atoms. The lowest BCUT2D eigenvalue weighted by Gasteiger charge is -2.13. The molecule has 2 amide bonds. The Kier molecular flexibility index (Phi) is 4.80. The normalized spacial score (nSPS) is 14.7. The zero-order chi connectivity index (χ0) is 16.1. The Labute approximate surface area is 135 Å². The Bertz CT molecular complexity index is 645. The number of hydrogen-bond acceptors (Lipinski definition) is 4. The van der Waals surface area contributed by atoms with Crippen LogP contribution in [0.1, 0.15) is 37.1 Å². The van der Waals surface area contributed by atoms with E-state index in [4.69, 9.17) is 9.26 Å². The number of carbonyl (C=O) groups excluding carboxylic acids is 1. The highest BCUT2D eigenvalue weighted by Gasteiger charge is 2.16. The quantitative estimate of drug-likeness (QED) is 0.883. The summed E-state index contributed by atoms with van der Waals surface area (Å²) >= 11 is 0. The fraction of sp³-hybridized carbons (Fsp3) is 0.412. The number of aromatic nitrogens is 1. The number of aryl methyl sites for hydroxylation is 1. The lowest BCUT2D eigenvalue weighted by atomic mass is 10.3. The Morgan fingerprint density at radius 1 is 1.30 bits per heavy atom. The maximum absolute atomic E-state index is 11.8. The van der Waals surface area contributed by atoms with E-state index in [1.54, 1.807) is 6.07 Å². The molecule has 1 saturated carbocycles. The van der Waals surface area contributed by atoms with Gasteiger partial charge in [0.1, 0.15) is 5.75 Å². The first-order chi connectivity index (χ1) is 11.2. The number of rotatable bonds is 5. The molecule has 0 spiro atoms. The molecule has 1 fully saturated rings. The first-order valence-electron chi connectivity index (χ1n) is 7.93. The van der Waals surface area contributed by atoms with Crippen molar-refractivity contribution >= 4 is 11.7 Å². The second-order valence-electron chi connectivity index (χ2n) is 5.79. The van der Waals surface area contributed by atoms with Crippen molar-refractivity contribution in [1.82, 2.24) is 10.5 Å². The molecule has 0 radical (unpaired) electrons. The van der Waals surface area contributed by atoms with Crippen LogP contribution in [0.25, 0.3) is 0 Å². The van der Waals surface area contributed by atoms with Crippen molar-refractivity contribution < 1.29 is 14.1 Å². The van der Waals surface area contributed by atoms with Gasteiger partial charge in [-0.05, 0) is 56.9 Å². The number of hydrogen-bond donors (Lipinski definition) is 2. The molecule has 1 aliphatic carbocycles. The Balaban J connectivity index is 1.46. The van der Waals surface area contributed by atoms with E-state index in [1.165, 1.54) is 12.8 Å². The molecule has 0 saturated heterocycles. The summed E-state index contributed by atoms with van der Waals surface area (Å²) in [6, 6.07) is 8.94. The molecule has 1 aliphatic rings. The minimum atomic E-state index is -0.288. The van der Waals surface area contributed by atoms with Gasteiger partial charge >= 0.3 is 6.03 Å². The molecule has 6 heteroatoms. The van der Waals surface area contributed by atoms with E-state index >= 15 is 0 Å². The van der Waals surface area contributed by atoms with Gasteiger partial charge in [0.15, 0.2) is 5.76 Å². The van der Waals surface area contributed by atoms with E-state index < -0.39 is 0 Å². The summed E-state index contributed by atoms with van der Waals surface area (Å²) in [5.74, 6) is 1.47. The smallest absolute Gasteiger partial charge is 0.319 e. The molecule has 2 aromatic rings. The minimum Gasteiger partial charge on any atom is -0.490 e. The van der Waals surface area contributed by atoms with Crippen LogP contribution in [-0.4, -0.2) is 17.3 Å². The predicted molar refractivity (Wildman–Crippen MR) is 86.4 cm³/mol. The zero-order valence-electron chi connectivity index (χ0n) is 13.2. The number of ether oxygens (including phenoxy) is 1. The lowest BCUT2D eigenvalue weighted by molar-refractivity contribution is 0.210. The van der Waals surface area contributed by atoms with Crippen LogP contribution in [-0.2, 0) is 6.54 Å². The van der Waals surface area contributed by atoms with Gasteiger partial charge in [0.2, 0.25) is 0 Å². The summed E-state index contributed by atoms with van der Waals surface area (Å²) < 4.78 is 10.9. The number of nitrogens with zero attached hydrogens (tertiary/aromatic N) is 1. The first-order valence-corrected chi connectivity index (χ1v) is 7.93. The Morgan fingerprint density at radius 2 is 2.04 bits per heavy atom. The SMILES string of the molecule is Cc1cc(CNC(=O)Nc2ccc(OC3CCCC3)cc2)on1. The van der Waals surface area contributed by atoms with Crippen LogP contribution in [0.4, 0.5) is 10.5 Å². The van der Waals surface area contributed by atoms with Crippen molar-refractivity contribution in [3.63, 3.8) is 0 Å². The largest absolute Gasteiger partial charge is 0.490 e. The highest BCUT2D eigenvalue weighted by molar-refractivity contribution is 5.89. The average Bonchev–Trinajstić information content (AvgIpc) is 3.19. The standard InChI is InChI=1S/C17H21N3O3/c1-12-10-16(23-20-12)11-18-17(21)19-13-6-8-15(9-7-13)22-14-4-2-3-5-14/h6-10,14H,2-5,11H2,1H3,(H2,18,19,21). The number of benzene rings is 1. The van der Waals surface area contributed by atoms with E-state index in [9.17, 15) is 4.79 Å². The summed E-state index contributed by atoms with van der Waals surface area (Å²) in [6.07, 6.45) is 5.08. The van der Waals surface area contributed by atoms with Crippen molar-refractivity contribution in [3.8, 4) is 5.75 Å². The van der Waals surface area contributed by atoms with Crippen LogP contribution in [0, 0.1) is 6.92 Å². The van der Waals surface area contributed by atoms with Gasteiger partial charge in [0.05, 0.1) is 18.3 Å². The molecule has 0 unspecified atom stereocenters. The van der Waals surface area contributed by atoms with E-state index in [0.717, 1.165) is 30.0 Å². The summed E-state index contributed by atoms with van der Waals surface area (Å²) in [5.41, 5.74) is 1.51. The number of urea groups is 1. The van der Waals surface area contributed by atoms with Gasteiger partial charge < -0.3 is 19.9 Å². The van der Waals surface area contributed by atoms with Crippen LogP contribution >= 0.6 is 0 Å². The molecule has 1 aromatic heterocycles. The molecule has 122 valence electrons. The molecular formula is C17H21N3O3. The number of nitrogens with one attached hydrogen (secondary N) is 2. The molecule has 1 heterocycles. The fourth-order valence-electron chi connectivity index (χ4n) is 2.66. The third kappa shape index (κ3) is 4.48. The fourth-order valence-corrected chi connectivity index (χ4v) is 2.66. The average molecular weight is 315 g/mol. The van der Waals surface area contributed by atoms with Gasteiger partial charge in [-0.25, -0.2) is 4.79 Å². The molecule has 0 atom stereocenters. The lowest BCUT2D eigenvalue weighted by Crippen LogP contribution is -2.27. The monoisotopic (exact) mass is 315 g/mol. The van der Waals surface area contributed by atoms with Gasteiger partial charge in [0.25, 0.3) is 0 Å². The van der Waals surface area contributed by atoms with Gasteiger partial charge in [-0.3, -0.25) is 0 Å². The van der Waals surface area contributed by atoms with Crippen molar-refractivity contribution in [1.29, 1.82) is 0 Å². The van der Waals surface area contributed by atoms with Crippen molar-refractivity contribution in [2.24, 2.45) is 0 Å². The van der Waals surface area contributed by atoms with Crippen molar-refractivity contribution in [2.75, 3.05) is 5.32 Å². The third-order valence-corrected chi connectivity index (χ3v) is 3.82. The summed E-state index contributed by atoms with van der Waals surface area (Å²) in [6.45, 7) is 2.14. The Hall–Kier alpha value is -2.50. The molecule has 6 nitrogen and oxygen atoms in total. The van der Waals surface area contributed by atoms with Crippen molar-refractivity contribution in [2.45, 2.75) is 45.3 Å². The maximum Gasteiger partial charge on any atom is 0.319 e. The van der Waals surface area contributed by atoms with Crippen LogP contribution in [0.5, 0.6) is 5.75 Å². The minimum absolute atomic E-state index is 0.288. The maximum atomic E-state index is 11.8. The second-order valence-corrected chi connectivity index (χ2v) is 5.79. The Morgan fingerprint density at radius 3 is 2.70 bits per heavy atom. The summed E-state index contributed by atoms with van der Waals surface area (Å²) in [5, 5.41) is 9.26. The van der Waals surface area contributed by atoms with Gasteiger partial charge in [-0.2, -0.15) is 0 Å². The van der Waals surface area contributed by atoms with E-state index in [2.05, 4.69) is 15.8 Å². The molecular weight excluding hydrogens is 294 g/mol. The first kappa shape index (κ1) is 15.4. The van der Waals surface area contributed by atoms with Crippen LogP contribution < -0.4 is 15.4 Å². The van der Waals surface area contributed by atoms with Crippen LogP contribution in [0.2, 0.25) is 0 Å². The second kappa shape index (κ2) is 7.17. The topological polar surface area (TPSA) is 76.4 Å². The van der Waals surface area contributed by atoms with E-state index in [1.807, 2.05) is 31.2 Å². The molecule has 1 aromatic carbocycles. The van der Waals surface area contributed by atoms with Crippen LogP contribution in [0.3, 0.4) is 0 Å². The molecule has 0 aliphatic heterocycles. The van der Waals surface area contributed by atoms with Gasteiger partial charge in [-0.15, -0.1) is 0 Å². The predicted octanol–water partition coefficient (Wildman–Crippen LogP) is 3.63. The number of carbonyl (C=O) groups is 1.